The molecule has 12 heteroatoms. The molecular formula is C20H30N4Na2O4S2. The molecule has 0 bridgehead atoms. The molecular weight excluding hydrogens is 470 g/mol. The average molecular weight is 501 g/mol. The number of benzene rings is 1. The summed E-state index contributed by atoms with van der Waals surface area (Å²) in [6.45, 7) is 9.31. The number of rotatable bonds is 8. The van der Waals surface area contributed by atoms with Crippen molar-refractivity contribution in [2.75, 3.05) is 30.8 Å². The molecule has 0 saturated carbocycles. The van der Waals surface area contributed by atoms with Crippen LogP contribution in [0.2, 0.25) is 0 Å². The minimum absolute atomic E-state index is 0. The summed E-state index contributed by atoms with van der Waals surface area (Å²) in [6, 6.07) is 6.06. The fraction of sp³-hybridized carbons (Fsp3) is 0.450. The smallest absolute Gasteiger partial charge is 1.00 e. The molecule has 8 nitrogen and oxygen atoms in total. The van der Waals surface area contributed by atoms with Gasteiger partial charge in [0.05, 0.1) is 0 Å². The Bertz CT molecular complexity index is 1010. The normalized spacial score (nSPS) is 11.2. The molecule has 1 aromatic heterocycles. The standard InChI is InChI=1S/C20H28N4O4S2.2Na.2H/c1-14-6-8-15(9-7-14)30(26,27)28-18(25)16-12-22-19(29-5)23-17(16)24(11-10-21)13-20(2,3)4;;;;/h6-9,12H,10-11,13,21H2,1-5H3;;;;/q;2*+1;2*-1. The van der Waals surface area contributed by atoms with E-state index in [9.17, 15) is 13.2 Å². The molecule has 0 amide bonds. The third-order valence-corrected chi connectivity index (χ3v) is 5.79. The predicted molar refractivity (Wildman–Crippen MR) is 121 cm³/mol. The van der Waals surface area contributed by atoms with Gasteiger partial charge in [0.2, 0.25) is 0 Å². The van der Waals surface area contributed by atoms with Crippen LogP contribution in [0, 0.1) is 12.3 Å². The van der Waals surface area contributed by atoms with E-state index in [1.54, 1.807) is 12.1 Å². The van der Waals surface area contributed by atoms with Crippen molar-refractivity contribution in [3.05, 3.63) is 41.6 Å². The van der Waals surface area contributed by atoms with Crippen LogP contribution >= 0.6 is 11.8 Å². The Balaban J connectivity index is -0.00000240. The summed E-state index contributed by atoms with van der Waals surface area (Å²) in [5, 5.41) is 0.457. The number of aromatic nitrogens is 2. The van der Waals surface area contributed by atoms with Gasteiger partial charge in [0, 0.05) is 25.8 Å². The van der Waals surface area contributed by atoms with Gasteiger partial charge in [-0.25, -0.2) is 14.8 Å². The van der Waals surface area contributed by atoms with E-state index in [1.165, 1.54) is 30.1 Å². The molecule has 0 spiro atoms. The number of aryl methyl sites for hydroxylation is 1. The topological polar surface area (TPSA) is 115 Å². The summed E-state index contributed by atoms with van der Waals surface area (Å²) in [4.78, 5) is 23.2. The fourth-order valence-corrected chi connectivity index (χ4v) is 3.92. The van der Waals surface area contributed by atoms with Gasteiger partial charge in [0.1, 0.15) is 16.3 Å². The van der Waals surface area contributed by atoms with Crippen LogP contribution in [0.25, 0.3) is 0 Å². The number of carbonyl (C=O) groups is 1. The SMILES string of the molecule is CSc1ncc(C(=O)OS(=O)(=O)c2ccc(C)cc2)c(N(CCN)CC(C)(C)C)n1.[H-].[H-].[Na+].[Na+]. The van der Waals surface area contributed by atoms with Gasteiger partial charge in [-0.15, -0.1) is 0 Å². The molecule has 0 radical (unpaired) electrons. The molecule has 0 atom stereocenters. The van der Waals surface area contributed by atoms with Crippen molar-refractivity contribution in [3.8, 4) is 0 Å². The van der Waals surface area contributed by atoms with Gasteiger partial charge in [0.25, 0.3) is 0 Å². The van der Waals surface area contributed by atoms with Crippen molar-refractivity contribution in [1.29, 1.82) is 0 Å². The van der Waals surface area contributed by atoms with Gasteiger partial charge in [-0.3, -0.25) is 0 Å². The minimum Gasteiger partial charge on any atom is -1.00 e. The second kappa shape index (κ2) is 13.7. The predicted octanol–water partition coefficient (Wildman–Crippen LogP) is -2.90. The quantitative estimate of drug-likeness (QED) is 0.176. The van der Waals surface area contributed by atoms with Gasteiger partial charge in [-0.1, -0.05) is 50.2 Å². The Morgan fingerprint density at radius 3 is 2.31 bits per heavy atom. The van der Waals surface area contributed by atoms with Gasteiger partial charge in [0.15, 0.2) is 5.16 Å². The van der Waals surface area contributed by atoms with E-state index >= 15 is 0 Å². The molecule has 168 valence electrons. The summed E-state index contributed by atoms with van der Waals surface area (Å²) in [6.07, 6.45) is 3.11. The molecule has 0 fully saturated rings. The number of anilines is 1. The van der Waals surface area contributed by atoms with E-state index < -0.39 is 16.1 Å². The van der Waals surface area contributed by atoms with Crippen LogP contribution in [0.4, 0.5) is 5.82 Å². The first-order valence-corrected chi connectivity index (χ1v) is 12.0. The first kappa shape index (κ1) is 31.8. The zero-order valence-corrected chi connectivity index (χ0v) is 25.5. The maximum Gasteiger partial charge on any atom is 1.00 e. The number of hydrogen-bond donors (Lipinski definition) is 1. The van der Waals surface area contributed by atoms with Crippen molar-refractivity contribution in [3.63, 3.8) is 0 Å². The van der Waals surface area contributed by atoms with E-state index in [4.69, 9.17) is 9.92 Å². The van der Waals surface area contributed by atoms with Crippen LogP contribution in [0.1, 0.15) is 39.5 Å². The van der Waals surface area contributed by atoms with Crippen molar-refractivity contribution < 1.29 is 79.4 Å². The van der Waals surface area contributed by atoms with Gasteiger partial charge in [-0.05, 0) is 30.7 Å². The monoisotopic (exact) mass is 500 g/mol. The third kappa shape index (κ3) is 9.23. The molecule has 1 aromatic carbocycles. The van der Waals surface area contributed by atoms with Gasteiger partial charge >= 0.3 is 75.2 Å². The minimum atomic E-state index is -4.28. The molecule has 0 aliphatic rings. The van der Waals surface area contributed by atoms with Crippen molar-refractivity contribution in [2.45, 2.75) is 37.7 Å². The van der Waals surface area contributed by atoms with Crippen LogP contribution in [-0.2, 0) is 14.3 Å². The van der Waals surface area contributed by atoms with Crippen LogP contribution in [0.3, 0.4) is 0 Å². The fourth-order valence-electron chi connectivity index (χ4n) is 2.73. The Morgan fingerprint density at radius 1 is 1.22 bits per heavy atom. The number of hydrogen-bond acceptors (Lipinski definition) is 9. The van der Waals surface area contributed by atoms with Crippen molar-refractivity contribution >= 4 is 33.7 Å². The molecule has 2 N–H and O–H groups in total. The molecule has 2 aromatic rings. The largest absolute Gasteiger partial charge is 1.00 e. The number of carbonyl (C=O) groups excluding carboxylic acids is 1. The molecule has 0 aliphatic heterocycles. The summed E-state index contributed by atoms with van der Waals surface area (Å²) >= 11 is 1.32. The number of thioether (sulfide) groups is 1. The Hall–Kier alpha value is -0.170. The summed E-state index contributed by atoms with van der Waals surface area (Å²) in [7, 11) is -4.28. The van der Waals surface area contributed by atoms with Crippen LogP contribution in [0.5, 0.6) is 0 Å². The first-order valence-electron chi connectivity index (χ1n) is 9.38. The van der Waals surface area contributed by atoms with E-state index in [0.717, 1.165) is 5.56 Å². The molecule has 32 heavy (non-hydrogen) atoms. The van der Waals surface area contributed by atoms with E-state index in [2.05, 4.69) is 9.97 Å². The zero-order valence-electron chi connectivity index (χ0n) is 21.9. The van der Waals surface area contributed by atoms with Crippen LogP contribution < -0.4 is 69.7 Å². The van der Waals surface area contributed by atoms with E-state index in [0.29, 0.717) is 30.6 Å². The van der Waals surface area contributed by atoms with Crippen LogP contribution in [-0.4, -0.2) is 50.2 Å². The van der Waals surface area contributed by atoms with Gasteiger partial charge < -0.3 is 17.7 Å². The van der Waals surface area contributed by atoms with E-state index in [-0.39, 0.29) is 77.8 Å². The van der Waals surface area contributed by atoms with Crippen molar-refractivity contribution in [2.24, 2.45) is 11.1 Å². The molecule has 0 aliphatic carbocycles. The first-order chi connectivity index (χ1) is 14.0. The number of nitrogens with two attached hydrogens (primary N) is 1. The zero-order chi connectivity index (χ0) is 22.5. The van der Waals surface area contributed by atoms with Crippen LogP contribution in [0.15, 0.2) is 40.5 Å². The maximum atomic E-state index is 12.8. The molecule has 0 unspecified atom stereocenters. The van der Waals surface area contributed by atoms with E-state index in [1.807, 2.05) is 38.9 Å². The third-order valence-electron chi connectivity index (χ3n) is 4.01. The molecule has 1 heterocycles. The average Bonchev–Trinajstić information content (AvgIpc) is 2.66. The molecule has 2 rings (SSSR count). The Labute approximate surface area is 242 Å². The van der Waals surface area contributed by atoms with Gasteiger partial charge in [-0.2, -0.15) is 8.42 Å². The Kier molecular flexibility index (Phi) is 13.6. The summed E-state index contributed by atoms with van der Waals surface area (Å²) < 4.78 is 30.0. The maximum absolute atomic E-state index is 12.8. The Morgan fingerprint density at radius 2 is 1.81 bits per heavy atom. The summed E-state index contributed by atoms with van der Waals surface area (Å²) in [5.41, 5.74) is 6.52. The number of nitrogens with zero attached hydrogens (tertiary/aromatic N) is 3. The van der Waals surface area contributed by atoms with Crippen molar-refractivity contribution in [1.82, 2.24) is 9.97 Å². The molecule has 0 saturated heterocycles. The second-order valence-electron chi connectivity index (χ2n) is 8.00. The summed E-state index contributed by atoms with van der Waals surface area (Å²) in [5.74, 6) is -0.729. The second-order valence-corrected chi connectivity index (χ2v) is 10.3.